The van der Waals surface area contributed by atoms with Crippen LogP contribution < -0.4 is 4.90 Å². The summed E-state index contributed by atoms with van der Waals surface area (Å²) in [5, 5.41) is 13.4. The molecule has 7 heteroatoms. The third-order valence-electron chi connectivity index (χ3n) is 2.82. The van der Waals surface area contributed by atoms with Crippen molar-refractivity contribution in [3.05, 3.63) is 49.8 Å². The molecule has 0 aliphatic rings. The Morgan fingerprint density at radius 3 is 2.75 bits per heavy atom. The van der Waals surface area contributed by atoms with Gasteiger partial charge in [0, 0.05) is 17.0 Å². The van der Waals surface area contributed by atoms with Crippen LogP contribution in [0.15, 0.2) is 29.6 Å². The number of hydrogen-bond donors (Lipinski definition) is 0. The highest BCUT2D eigenvalue weighted by Crippen LogP contribution is 2.30. The molecule has 20 heavy (non-hydrogen) atoms. The fourth-order valence-electron chi connectivity index (χ4n) is 1.84. The number of halogens is 1. The molecule has 0 aliphatic heterocycles. The Kier molecular flexibility index (Phi) is 4.57. The van der Waals surface area contributed by atoms with Crippen LogP contribution in [0.3, 0.4) is 0 Å². The van der Waals surface area contributed by atoms with Gasteiger partial charge in [0.15, 0.2) is 0 Å². The van der Waals surface area contributed by atoms with Gasteiger partial charge in [0.05, 0.1) is 11.5 Å². The molecule has 0 aliphatic carbocycles. The minimum atomic E-state index is -0.428. The summed E-state index contributed by atoms with van der Waals surface area (Å²) in [7, 11) is 0. The van der Waals surface area contributed by atoms with Crippen LogP contribution in [0.5, 0.6) is 0 Å². The number of nitro groups is 1. The molecule has 0 bridgehead atoms. The Morgan fingerprint density at radius 2 is 2.20 bits per heavy atom. The molecular weight excluding hydrogens is 298 g/mol. The Hall–Kier alpha value is -1.66. The van der Waals surface area contributed by atoms with Crippen LogP contribution in [0.25, 0.3) is 0 Å². The maximum absolute atomic E-state index is 11.2. The molecule has 0 radical (unpaired) electrons. The molecule has 2 aromatic rings. The smallest absolute Gasteiger partial charge is 0.311 e. The second-order valence-electron chi connectivity index (χ2n) is 4.53. The second-order valence-corrected chi connectivity index (χ2v) is 5.95. The van der Waals surface area contributed by atoms with Gasteiger partial charge in [-0.15, -0.1) is 11.3 Å². The average molecular weight is 312 g/mol. The Labute approximate surface area is 126 Å². The Morgan fingerprint density at radius 1 is 1.45 bits per heavy atom. The zero-order valence-corrected chi connectivity index (χ0v) is 12.7. The molecule has 106 valence electrons. The third-order valence-corrected chi connectivity index (χ3v) is 3.89. The van der Waals surface area contributed by atoms with Crippen molar-refractivity contribution >= 4 is 34.4 Å². The molecule has 0 amide bonds. The fraction of sp³-hybridized carbons (Fsp3) is 0.308. The number of thiophene rings is 1. The highest BCUT2D eigenvalue weighted by atomic mass is 35.5. The van der Waals surface area contributed by atoms with Crippen LogP contribution in [0.2, 0.25) is 5.15 Å². The van der Waals surface area contributed by atoms with Crippen LogP contribution in [0.1, 0.15) is 18.7 Å². The summed E-state index contributed by atoms with van der Waals surface area (Å²) < 4.78 is 0. The lowest BCUT2D eigenvalue weighted by Crippen LogP contribution is -2.31. The third kappa shape index (κ3) is 3.26. The highest BCUT2D eigenvalue weighted by Gasteiger charge is 2.24. The summed E-state index contributed by atoms with van der Waals surface area (Å²) in [5.74, 6) is 0.311. The first-order chi connectivity index (χ1) is 9.49. The van der Waals surface area contributed by atoms with Crippen LogP contribution in [-0.2, 0) is 6.54 Å². The van der Waals surface area contributed by atoms with Gasteiger partial charge >= 0.3 is 5.69 Å². The normalized spacial score (nSPS) is 10.8. The van der Waals surface area contributed by atoms with E-state index >= 15 is 0 Å². The number of pyridine rings is 1. The zero-order chi connectivity index (χ0) is 14.7. The first-order valence-corrected chi connectivity index (χ1v) is 7.34. The zero-order valence-electron chi connectivity index (χ0n) is 11.1. The Bertz CT molecular complexity index is 602. The van der Waals surface area contributed by atoms with E-state index in [1.54, 1.807) is 11.3 Å². The van der Waals surface area contributed by atoms with Gasteiger partial charge in [-0.2, -0.15) is 0 Å². The van der Waals surface area contributed by atoms with E-state index in [-0.39, 0.29) is 16.9 Å². The lowest BCUT2D eigenvalue weighted by atomic mass is 10.2. The number of aromatic nitrogens is 1. The van der Waals surface area contributed by atoms with Crippen molar-refractivity contribution in [2.75, 3.05) is 4.90 Å². The van der Waals surface area contributed by atoms with Crippen molar-refractivity contribution < 1.29 is 4.92 Å². The molecule has 0 N–H and O–H groups in total. The van der Waals surface area contributed by atoms with Crippen LogP contribution in [0, 0.1) is 10.1 Å². The van der Waals surface area contributed by atoms with E-state index in [1.165, 1.54) is 12.1 Å². The predicted molar refractivity (Wildman–Crippen MR) is 81.5 cm³/mol. The van der Waals surface area contributed by atoms with Crippen molar-refractivity contribution in [2.24, 2.45) is 0 Å². The fourth-order valence-corrected chi connectivity index (χ4v) is 2.69. The van der Waals surface area contributed by atoms with E-state index in [9.17, 15) is 10.1 Å². The molecule has 0 unspecified atom stereocenters. The maximum Gasteiger partial charge on any atom is 0.311 e. The number of hydrogen-bond acceptors (Lipinski definition) is 5. The van der Waals surface area contributed by atoms with Gasteiger partial charge in [-0.3, -0.25) is 10.1 Å². The number of rotatable bonds is 5. The molecule has 5 nitrogen and oxygen atoms in total. The van der Waals surface area contributed by atoms with E-state index in [1.807, 2.05) is 36.3 Å². The molecule has 0 aromatic carbocycles. The molecule has 0 saturated heterocycles. The first kappa shape index (κ1) is 14.7. The van der Waals surface area contributed by atoms with Gasteiger partial charge in [0.2, 0.25) is 5.82 Å². The van der Waals surface area contributed by atoms with Crippen molar-refractivity contribution in [3.8, 4) is 0 Å². The SMILES string of the molecule is CC(C)N(Cc1cccs1)c1nc(Cl)ccc1[N+](=O)[O-]. The van der Waals surface area contributed by atoms with E-state index in [4.69, 9.17) is 11.6 Å². The van der Waals surface area contributed by atoms with Crippen LogP contribution >= 0.6 is 22.9 Å². The van der Waals surface area contributed by atoms with Crippen molar-refractivity contribution in [3.63, 3.8) is 0 Å². The van der Waals surface area contributed by atoms with E-state index in [2.05, 4.69) is 4.98 Å². The van der Waals surface area contributed by atoms with Crippen LogP contribution in [0.4, 0.5) is 11.5 Å². The minimum Gasteiger partial charge on any atom is -0.343 e. The summed E-state index contributed by atoms with van der Waals surface area (Å²) in [6, 6.07) is 6.86. The molecule has 0 atom stereocenters. The standard InChI is InChI=1S/C13H14ClN3O2S/c1-9(2)16(8-10-4-3-7-20-10)13-11(17(18)19)5-6-12(14)15-13/h3-7,9H,8H2,1-2H3. The largest absolute Gasteiger partial charge is 0.343 e. The lowest BCUT2D eigenvalue weighted by molar-refractivity contribution is -0.384. The molecular formula is C13H14ClN3O2S. The van der Waals surface area contributed by atoms with Gasteiger partial charge in [-0.1, -0.05) is 17.7 Å². The average Bonchev–Trinajstić information content (AvgIpc) is 2.87. The van der Waals surface area contributed by atoms with Gasteiger partial charge in [-0.25, -0.2) is 4.98 Å². The predicted octanol–water partition coefficient (Wildman–Crippen LogP) is 4.12. The molecule has 2 rings (SSSR count). The minimum absolute atomic E-state index is 0.0281. The van der Waals surface area contributed by atoms with E-state index < -0.39 is 4.92 Å². The van der Waals surface area contributed by atoms with Crippen molar-refractivity contribution in [1.82, 2.24) is 4.98 Å². The molecule has 2 heterocycles. The van der Waals surface area contributed by atoms with Crippen LogP contribution in [-0.4, -0.2) is 15.9 Å². The molecule has 0 spiro atoms. The summed E-state index contributed by atoms with van der Waals surface area (Å²) in [5.41, 5.74) is -0.0281. The monoisotopic (exact) mass is 311 g/mol. The molecule has 2 aromatic heterocycles. The summed E-state index contributed by atoms with van der Waals surface area (Å²) >= 11 is 7.50. The number of nitrogens with zero attached hydrogens (tertiary/aromatic N) is 3. The van der Waals surface area contributed by atoms with Gasteiger partial charge in [0.25, 0.3) is 0 Å². The van der Waals surface area contributed by atoms with Gasteiger partial charge in [-0.05, 0) is 31.4 Å². The summed E-state index contributed by atoms with van der Waals surface area (Å²) in [6.45, 7) is 4.52. The topological polar surface area (TPSA) is 59.3 Å². The Balaban J connectivity index is 2.43. The lowest BCUT2D eigenvalue weighted by Gasteiger charge is -2.27. The van der Waals surface area contributed by atoms with Crippen molar-refractivity contribution in [2.45, 2.75) is 26.4 Å². The first-order valence-electron chi connectivity index (χ1n) is 6.09. The van der Waals surface area contributed by atoms with Gasteiger partial charge in [0.1, 0.15) is 5.15 Å². The number of anilines is 1. The molecule has 0 fully saturated rings. The van der Waals surface area contributed by atoms with Gasteiger partial charge < -0.3 is 4.90 Å². The second kappa shape index (κ2) is 6.19. The van der Waals surface area contributed by atoms with Crippen molar-refractivity contribution in [1.29, 1.82) is 0 Å². The quantitative estimate of drug-likeness (QED) is 0.473. The highest BCUT2D eigenvalue weighted by molar-refractivity contribution is 7.09. The van der Waals surface area contributed by atoms with E-state index in [0.29, 0.717) is 12.4 Å². The summed E-state index contributed by atoms with van der Waals surface area (Å²) in [4.78, 5) is 17.9. The maximum atomic E-state index is 11.2. The van der Waals surface area contributed by atoms with E-state index in [0.717, 1.165) is 4.88 Å². The summed E-state index contributed by atoms with van der Waals surface area (Å²) in [6.07, 6.45) is 0. The molecule has 0 saturated carbocycles.